The normalized spacial score (nSPS) is 17.8. The van der Waals surface area contributed by atoms with Gasteiger partial charge in [0.05, 0.1) is 22.9 Å². The molecule has 1 aliphatic rings. The maximum absolute atomic E-state index is 12.4. The minimum atomic E-state index is -3.67. The molecule has 0 bridgehead atoms. The number of thiophene rings is 1. The molecule has 0 saturated carbocycles. The van der Waals surface area contributed by atoms with Crippen LogP contribution < -0.4 is 9.46 Å². The van der Waals surface area contributed by atoms with E-state index >= 15 is 0 Å². The average molecular weight is 323 g/mol. The summed E-state index contributed by atoms with van der Waals surface area (Å²) in [6.07, 6.45) is 0.178. The number of Topliss-reactive ketones (excluding diaryl/α,β-unsaturated/α-hetero) is 1. The van der Waals surface area contributed by atoms with E-state index in [0.717, 1.165) is 5.56 Å². The number of fused-ring (bicyclic) bond motifs is 1. The van der Waals surface area contributed by atoms with E-state index in [0.29, 0.717) is 10.6 Å². The van der Waals surface area contributed by atoms with Gasteiger partial charge in [0.15, 0.2) is 5.78 Å². The SMILES string of the molecule is COc1ccc(S(=O)(=O)N[C@H]2CC(=O)c3sccc32)cc1. The first-order valence-electron chi connectivity index (χ1n) is 6.28. The number of hydrogen-bond donors (Lipinski definition) is 1. The fourth-order valence-electron chi connectivity index (χ4n) is 2.32. The van der Waals surface area contributed by atoms with E-state index in [-0.39, 0.29) is 17.1 Å². The van der Waals surface area contributed by atoms with Crippen molar-refractivity contribution in [3.05, 3.63) is 46.2 Å². The first-order chi connectivity index (χ1) is 10.0. The topological polar surface area (TPSA) is 72.5 Å². The molecule has 0 spiro atoms. The summed E-state index contributed by atoms with van der Waals surface area (Å²) in [4.78, 5) is 12.6. The van der Waals surface area contributed by atoms with E-state index < -0.39 is 16.1 Å². The number of sulfonamides is 1. The summed E-state index contributed by atoms with van der Waals surface area (Å²) in [5.41, 5.74) is 0.766. The zero-order valence-corrected chi connectivity index (χ0v) is 12.8. The Hall–Kier alpha value is -1.70. The molecule has 1 aliphatic carbocycles. The predicted octanol–water partition coefficient (Wildman–Crippen LogP) is 2.36. The minimum Gasteiger partial charge on any atom is -0.497 e. The molecule has 0 saturated heterocycles. The van der Waals surface area contributed by atoms with Gasteiger partial charge in [-0.3, -0.25) is 4.79 Å². The fraction of sp³-hybridized carbons (Fsp3) is 0.214. The van der Waals surface area contributed by atoms with Crippen LogP contribution in [-0.4, -0.2) is 21.3 Å². The van der Waals surface area contributed by atoms with Crippen LogP contribution in [0.5, 0.6) is 5.75 Å². The molecule has 0 aliphatic heterocycles. The number of methoxy groups -OCH3 is 1. The highest BCUT2D eigenvalue weighted by Crippen LogP contribution is 2.35. The van der Waals surface area contributed by atoms with Gasteiger partial charge in [-0.25, -0.2) is 13.1 Å². The molecule has 0 amide bonds. The second kappa shape index (κ2) is 5.25. The number of rotatable bonds is 4. The van der Waals surface area contributed by atoms with E-state index in [1.807, 2.05) is 0 Å². The molecule has 1 aromatic heterocycles. The predicted molar refractivity (Wildman–Crippen MR) is 79.3 cm³/mol. The molecule has 1 atom stereocenters. The number of benzene rings is 1. The molecule has 110 valence electrons. The molecule has 0 radical (unpaired) electrons. The summed E-state index contributed by atoms with van der Waals surface area (Å²) in [7, 11) is -2.15. The Morgan fingerprint density at radius 2 is 1.95 bits per heavy atom. The minimum absolute atomic E-state index is 0.0116. The van der Waals surface area contributed by atoms with Gasteiger partial charge >= 0.3 is 0 Å². The Morgan fingerprint density at radius 3 is 2.62 bits per heavy atom. The summed E-state index contributed by atoms with van der Waals surface area (Å²) >= 11 is 1.35. The van der Waals surface area contributed by atoms with Crippen LogP contribution in [-0.2, 0) is 10.0 Å². The van der Waals surface area contributed by atoms with Gasteiger partial charge in [-0.1, -0.05) is 0 Å². The molecule has 1 N–H and O–H groups in total. The average Bonchev–Trinajstić information content (AvgIpc) is 3.05. The van der Waals surface area contributed by atoms with Gasteiger partial charge in [-0.05, 0) is 41.3 Å². The number of carbonyl (C=O) groups is 1. The third-order valence-corrected chi connectivity index (χ3v) is 5.84. The van der Waals surface area contributed by atoms with Crippen molar-refractivity contribution >= 4 is 27.1 Å². The number of ether oxygens (including phenoxy) is 1. The molecule has 1 heterocycles. The van der Waals surface area contributed by atoms with Crippen LogP contribution in [0.1, 0.15) is 27.7 Å². The number of ketones is 1. The molecule has 1 aromatic carbocycles. The first kappa shape index (κ1) is 14.2. The van der Waals surface area contributed by atoms with Crippen molar-refractivity contribution in [1.29, 1.82) is 0 Å². The lowest BCUT2D eigenvalue weighted by molar-refractivity contribution is 0.0991. The molecule has 0 unspecified atom stereocenters. The molecule has 3 rings (SSSR count). The Balaban J connectivity index is 1.85. The van der Waals surface area contributed by atoms with Crippen molar-refractivity contribution in [2.45, 2.75) is 17.4 Å². The van der Waals surface area contributed by atoms with Gasteiger partial charge in [0.1, 0.15) is 5.75 Å². The fourth-order valence-corrected chi connectivity index (χ4v) is 4.45. The Labute approximate surface area is 126 Å². The molecule has 0 fully saturated rings. The van der Waals surface area contributed by atoms with Crippen LogP contribution in [0.4, 0.5) is 0 Å². The highest BCUT2D eigenvalue weighted by atomic mass is 32.2. The van der Waals surface area contributed by atoms with Gasteiger partial charge in [0.2, 0.25) is 10.0 Å². The third kappa shape index (κ3) is 2.59. The van der Waals surface area contributed by atoms with E-state index in [9.17, 15) is 13.2 Å². The van der Waals surface area contributed by atoms with E-state index in [1.165, 1.54) is 30.6 Å². The Kier molecular flexibility index (Phi) is 3.56. The second-order valence-electron chi connectivity index (χ2n) is 4.68. The lowest BCUT2D eigenvalue weighted by Crippen LogP contribution is -2.27. The molecule has 2 aromatic rings. The largest absolute Gasteiger partial charge is 0.497 e. The van der Waals surface area contributed by atoms with Gasteiger partial charge in [-0.2, -0.15) is 0 Å². The zero-order chi connectivity index (χ0) is 15.0. The summed E-state index contributed by atoms with van der Waals surface area (Å²) in [5.74, 6) is 0.576. The van der Waals surface area contributed by atoms with Crippen LogP contribution in [0.15, 0.2) is 40.6 Å². The maximum atomic E-state index is 12.4. The van der Waals surface area contributed by atoms with Crippen LogP contribution in [0.2, 0.25) is 0 Å². The van der Waals surface area contributed by atoms with Gasteiger partial charge in [-0.15, -0.1) is 11.3 Å². The highest BCUT2D eigenvalue weighted by Gasteiger charge is 2.33. The van der Waals surface area contributed by atoms with Crippen molar-refractivity contribution < 1.29 is 17.9 Å². The Bertz CT molecular complexity index is 778. The van der Waals surface area contributed by atoms with Crippen molar-refractivity contribution in [3.63, 3.8) is 0 Å². The van der Waals surface area contributed by atoms with Crippen LogP contribution in [0.25, 0.3) is 0 Å². The smallest absolute Gasteiger partial charge is 0.241 e. The van der Waals surface area contributed by atoms with Crippen molar-refractivity contribution in [2.75, 3.05) is 7.11 Å². The highest BCUT2D eigenvalue weighted by molar-refractivity contribution is 7.89. The second-order valence-corrected chi connectivity index (χ2v) is 7.31. The Morgan fingerprint density at radius 1 is 1.24 bits per heavy atom. The summed E-state index contributed by atoms with van der Waals surface area (Å²) in [5, 5.41) is 1.80. The summed E-state index contributed by atoms with van der Waals surface area (Å²) < 4.78 is 32.3. The van der Waals surface area contributed by atoms with Crippen molar-refractivity contribution in [2.24, 2.45) is 0 Å². The van der Waals surface area contributed by atoms with E-state index in [1.54, 1.807) is 23.6 Å². The van der Waals surface area contributed by atoms with Crippen LogP contribution in [0.3, 0.4) is 0 Å². The number of hydrogen-bond acceptors (Lipinski definition) is 5. The van der Waals surface area contributed by atoms with Gasteiger partial charge < -0.3 is 4.74 Å². The first-order valence-corrected chi connectivity index (χ1v) is 8.64. The maximum Gasteiger partial charge on any atom is 0.241 e. The summed E-state index contributed by atoms with van der Waals surface area (Å²) in [6, 6.07) is 7.45. The molecule has 21 heavy (non-hydrogen) atoms. The quantitative estimate of drug-likeness (QED) is 0.937. The molecular weight excluding hydrogens is 310 g/mol. The third-order valence-electron chi connectivity index (χ3n) is 3.38. The number of nitrogens with one attached hydrogen (secondary N) is 1. The molecule has 7 heteroatoms. The van der Waals surface area contributed by atoms with Gasteiger partial charge in [0.25, 0.3) is 0 Å². The van der Waals surface area contributed by atoms with E-state index in [2.05, 4.69) is 4.72 Å². The zero-order valence-electron chi connectivity index (χ0n) is 11.2. The number of carbonyl (C=O) groups excluding carboxylic acids is 1. The van der Waals surface area contributed by atoms with Crippen molar-refractivity contribution in [3.8, 4) is 5.75 Å². The molecular formula is C14H13NO4S2. The summed E-state index contributed by atoms with van der Waals surface area (Å²) in [6.45, 7) is 0. The lowest BCUT2D eigenvalue weighted by Gasteiger charge is -2.13. The van der Waals surface area contributed by atoms with E-state index in [4.69, 9.17) is 4.74 Å². The lowest BCUT2D eigenvalue weighted by atomic mass is 10.2. The molecule has 5 nitrogen and oxygen atoms in total. The monoisotopic (exact) mass is 323 g/mol. The standard InChI is InChI=1S/C14H13NO4S2/c1-19-9-2-4-10(5-3-9)21(17,18)15-12-8-13(16)14-11(12)6-7-20-14/h2-7,12,15H,8H2,1H3/t12-/m0/s1. The van der Waals surface area contributed by atoms with Crippen molar-refractivity contribution in [1.82, 2.24) is 4.72 Å². The van der Waals surface area contributed by atoms with Crippen LogP contribution in [0, 0.1) is 0 Å². The van der Waals surface area contributed by atoms with Crippen LogP contribution >= 0.6 is 11.3 Å². The van der Waals surface area contributed by atoms with Gasteiger partial charge in [0, 0.05) is 6.42 Å².